The summed E-state index contributed by atoms with van der Waals surface area (Å²) in [7, 11) is -3.39. The molecule has 0 heterocycles. The van der Waals surface area contributed by atoms with Crippen molar-refractivity contribution < 1.29 is 32.3 Å². The fraction of sp³-hybridized carbons (Fsp3) is 0.529. The van der Waals surface area contributed by atoms with Gasteiger partial charge in [0.15, 0.2) is 17.9 Å². The zero-order chi connectivity index (χ0) is 19.0. The van der Waals surface area contributed by atoms with Gasteiger partial charge in [0.05, 0.1) is 31.4 Å². The van der Waals surface area contributed by atoms with Crippen molar-refractivity contribution in [3.05, 3.63) is 29.1 Å². The molecule has 0 aliphatic carbocycles. The molecule has 0 unspecified atom stereocenters. The van der Waals surface area contributed by atoms with Crippen molar-refractivity contribution >= 4 is 19.9 Å². The maximum absolute atomic E-state index is 14.2. The molecule has 8 heteroatoms. The quantitative estimate of drug-likeness (QED) is 0.263. The second-order valence-electron chi connectivity index (χ2n) is 5.59. The summed E-state index contributed by atoms with van der Waals surface area (Å²) in [5.41, 5.74) is 0.575. The van der Waals surface area contributed by atoms with Gasteiger partial charge in [0.2, 0.25) is 0 Å². The number of hydrogen-bond donors (Lipinski definition) is 0. The summed E-state index contributed by atoms with van der Waals surface area (Å²) in [6.07, 6.45) is -0.0422. The van der Waals surface area contributed by atoms with Crippen LogP contribution < -0.4 is 4.74 Å². The molecule has 0 bridgehead atoms. The van der Waals surface area contributed by atoms with Gasteiger partial charge in [0.1, 0.15) is 0 Å². The van der Waals surface area contributed by atoms with E-state index in [9.17, 15) is 18.5 Å². The number of benzene rings is 1. The number of carbonyl (C=O) groups is 2. The van der Waals surface area contributed by atoms with Crippen LogP contribution in [0.4, 0.5) is 4.39 Å². The maximum Gasteiger partial charge on any atom is 0.331 e. The third-order valence-electron chi connectivity index (χ3n) is 3.35. The monoisotopic (exact) mass is 374 g/mol. The standard InChI is InChI=1S/C17H24FO6P/c1-5-22-25(21,23-6-2)8-7-16(20)24-17-14(11-19)9-13(12(3)4)10-15(17)18/h9-12H,5-8H2,1-4H3. The molecule has 6 nitrogen and oxygen atoms in total. The molecular formula is C17H24FO6P. The second-order valence-corrected chi connectivity index (χ2v) is 7.77. The Morgan fingerprint density at radius 1 is 1.24 bits per heavy atom. The summed E-state index contributed by atoms with van der Waals surface area (Å²) < 4.78 is 41.6. The van der Waals surface area contributed by atoms with E-state index in [4.69, 9.17) is 13.8 Å². The molecule has 0 saturated heterocycles. The second kappa shape index (κ2) is 9.80. The first-order valence-electron chi connectivity index (χ1n) is 8.13. The van der Waals surface area contributed by atoms with Crippen LogP contribution >= 0.6 is 7.60 Å². The molecule has 0 spiro atoms. The molecule has 0 amide bonds. The van der Waals surface area contributed by atoms with E-state index in [1.165, 1.54) is 12.1 Å². The van der Waals surface area contributed by atoms with E-state index in [-0.39, 0.29) is 37.3 Å². The molecule has 0 fully saturated rings. The Hall–Kier alpha value is -1.56. The molecule has 25 heavy (non-hydrogen) atoms. The Labute approximate surface area is 147 Å². The van der Waals surface area contributed by atoms with Crippen molar-refractivity contribution in [1.82, 2.24) is 0 Å². The minimum Gasteiger partial charge on any atom is -0.423 e. The van der Waals surface area contributed by atoms with Gasteiger partial charge in [0, 0.05) is 0 Å². The van der Waals surface area contributed by atoms with Crippen LogP contribution in [0.2, 0.25) is 0 Å². The average molecular weight is 374 g/mol. The maximum atomic E-state index is 14.2. The summed E-state index contributed by atoms with van der Waals surface area (Å²) in [5.74, 6) is -2.02. The fourth-order valence-electron chi connectivity index (χ4n) is 2.12. The topological polar surface area (TPSA) is 78.9 Å². The van der Waals surface area contributed by atoms with Crippen LogP contribution in [0.5, 0.6) is 5.75 Å². The summed E-state index contributed by atoms with van der Waals surface area (Å²) >= 11 is 0. The number of hydrogen-bond acceptors (Lipinski definition) is 6. The van der Waals surface area contributed by atoms with Crippen LogP contribution in [0.15, 0.2) is 12.1 Å². The van der Waals surface area contributed by atoms with Crippen molar-refractivity contribution in [3.63, 3.8) is 0 Å². The van der Waals surface area contributed by atoms with Gasteiger partial charge in [-0.05, 0) is 37.5 Å². The third-order valence-corrected chi connectivity index (χ3v) is 5.42. The summed E-state index contributed by atoms with van der Waals surface area (Å²) in [5, 5.41) is 0. The fourth-order valence-corrected chi connectivity index (χ4v) is 3.69. The summed E-state index contributed by atoms with van der Waals surface area (Å²) in [6.45, 7) is 7.37. The predicted octanol–water partition coefficient (Wildman–Crippen LogP) is 4.32. The minimum absolute atomic E-state index is 0.0150. The highest BCUT2D eigenvalue weighted by Crippen LogP contribution is 2.48. The molecule has 1 aromatic rings. The molecule has 0 radical (unpaired) electrons. The van der Waals surface area contributed by atoms with Gasteiger partial charge in [-0.2, -0.15) is 0 Å². The molecule has 0 aromatic heterocycles. The van der Waals surface area contributed by atoms with Gasteiger partial charge in [-0.1, -0.05) is 13.8 Å². The van der Waals surface area contributed by atoms with Gasteiger partial charge in [-0.3, -0.25) is 14.2 Å². The number of ether oxygens (including phenoxy) is 1. The van der Waals surface area contributed by atoms with E-state index in [0.29, 0.717) is 11.8 Å². The predicted molar refractivity (Wildman–Crippen MR) is 91.9 cm³/mol. The van der Waals surface area contributed by atoms with E-state index >= 15 is 0 Å². The van der Waals surface area contributed by atoms with Gasteiger partial charge < -0.3 is 13.8 Å². The van der Waals surface area contributed by atoms with Crippen LogP contribution in [-0.4, -0.2) is 31.6 Å². The number of aldehydes is 1. The number of esters is 1. The van der Waals surface area contributed by atoms with Gasteiger partial charge in [-0.25, -0.2) is 4.39 Å². The third kappa shape index (κ3) is 6.34. The van der Waals surface area contributed by atoms with Gasteiger partial charge in [0.25, 0.3) is 0 Å². The lowest BCUT2D eigenvalue weighted by Crippen LogP contribution is -2.14. The normalized spacial score (nSPS) is 11.6. The lowest BCUT2D eigenvalue weighted by atomic mass is 10.0. The lowest BCUT2D eigenvalue weighted by Gasteiger charge is -2.16. The van der Waals surface area contributed by atoms with Crippen molar-refractivity contribution in [2.45, 2.75) is 40.0 Å². The number of halogens is 1. The Balaban J connectivity index is 2.86. The molecule has 0 aliphatic rings. The molecule has 1 aromatic carbocycles. The molecular weight excluding hydrogens is 350 g/mol. The SMILES string of the molecule is CCOP(=O)(CCC(=O)Oc1c(F)cc(C(C)C)cc1C=O)OCC. The average Bonchev–Trinajstić information content (AvgIpc) is 2.55. The minimum atomic E-state index is -3.39. The van der Waals surface area contributed by atoms with E-state index in [1.807, 2.05) is 13.8 Å². The van der Waals surface area contributed by atoms with Gasteiger partial charge >= 0.3 is 13.6 Å². The molecule has 0 saturated carbocycles. The van der Waals surface area contributed by atoms with Crippen LogP contribution in [0.25, 0.3) is 0 Å². The summed E-state index contributed by atoms with van der Waals surface area (Å²) in [6, 6.07) is 2.71. The summed E-state index contributed by atoms with van der Waals surface area (Å²) in [4.78, 5) is 23.2. The van der Waals surface area contributed by atoms with Crippen molar-refractivity contribution in [3.8, 4) is 5.75 Å². The van der Waals surface area contributed by atoms with Gasteiger partial charge in [-0.15, -0.1) is 0 Å². The zero-order valence-corrected chi connectivity index (χ0v) is 15.8. The van der Waals surface area contributed by atoms with E-state index in [1.54, 1.807) is 13.8 Å². The largest absolute Gasteiger partial charge is 0.423 e. The highest BCUT2D eigenvalue weighted by atomic mass is 31.2. The van der Waals surface area contributed by atoms with Crippen LogP contribution in [0, 0.1) is 5.82 Å². The smallest absolute Gasteiger partial charge is 0.331 e. The first-order chi connectivity index (χ1) is 11.8. The van der Waals surface area contributed by atoms with Crippen LogP contribution in [-0.2, 0) is 18.4 Å². The molecule has 140 valence electrons. The van der Waals surface area contributed by atoms with Crippen molar-refractivity contribution in [2.24, 2.45) is 0 Å². The van der Waals surface area contributed by atoms with E-state index < -0.39 is 25.1 Å². The highest BCUT2D eigenvalue weighted by molar-refractivity contribution is 7.53. The first kappa shape index (κ1) is 21.5. The van der Waals surface area contributed by atoms with Crippen LogP contribution in [0.3, 0.4) is 0 Å². The Morgan fingerprint density at radius 2 is 1.84 bits per heavy atom. The first-order valence-corrected chi connectivity index (χ1v) is 9.86. The Kier molecular flexibility index (Phi) is 8.42. The highest BCUT2D eigenvalue weighted by Gasteiger charge is 2.26. The van der Waals surface area contributed by atoms with Crippen molar-refractivity contribution in [1.29, 1.82) is 0 Å². The van der Waals surface area contributed by atoms with E-state index in [0.717, 1.165) is 0 Å². The number of carbonyl (C=O) groups excluding carboxylic acids is 2. The van der Waals surface area contributed by atoms with Crippen molar-refractivity contribution in [2.75, 3.05) is 19.4 Å². The molecule has 0 N–H and O–H groups in total. The molecule has 0 atom stereocenters. The Morgan fingerprint density at radius 3 is 2.32 bits per heavy atom. The van der Waals surface area contributed by atoms with Crippen LogP contribution in [0.1, 0.15) is 56.0 Å². The molecule has 0 aliphatic heterocycles. The lowest BCUT2D eigenvalue weighted by molar-refractivity contribution is -0.134. The van der Waals surface area contributed by atoms with E-state index in [2.05, 4.69) is 0 Å². The zero-order valence-electron chi connectivity index (χ0n) is 14.9. The Bertz CT molecular complexity index is 649. The molecule has 1 rings (SSSR count). The number of rotatable bonds is 10.